The third-order valence-corrected chi connectivity index (χ3v) is 5.53. The third kappa shape index (κ3) is 3.98. The number of aryl methyl sites for hydroxylation is 1. The standard InChI is InChI=1S/C15H20ClNO3S/c1-10-8-12(9-14(11(10)2)21(16,19)20)15(18)17-13-6-4-3-5-7-13/h8-9,13H,3-7H2,1-2H3,(H,17,18). The number of hydrogen-bond acceptors (Lipinski definition) is 3. The minimum absolute atomic E-state index is 0.0120. The fraction of sp³-hybridized carbons (Fsp3) is 0.533. The van der Waals surface area contributed by atoms with E-state index in [1.54, 1.807) is 19.9 Å². The second kappa shape index (κ2) is 6.36. The minimum atomic E-state index is -3.85. The van der Waals surface area contributed by atoms with Crippen molar-refractivity contribution in [2.75, 3.05) is 0 Å². The molecule has 1 aromatic rings. The van der Waals surface area contributed by atoms with Crippen LogP contribution in [0.3, 0.4) is 0 Å². The van der Waals surface area contributed by atoms with E-state index in [9.17, 15) is 13.2 Å². The molecular formula is C15H20ClNO3S. The molecule has 0 bridgehead atoms. The Morgan fingerprint density at radius 3 is 2.38 bits per heavy atom. The number of benzene rings is 1. The van der Waals surface area contributed by atoms with Crippen LogP contribution in [-0.2, 0) is 9.05 Å². The van der Waals surface area contributed by atoms with Crippen molar-refractivity contribution in [3.63, 3.8) is 0 Å². The summed E-state index contributed by atoms with van der Waals surface area (Å²) < 4.78 is 23.2. The van der Waals surface area contributed by atoms with Crippen molar-refractivity contribution in [2.24, 2.45) is 0 Å². The second-order valence-electron chi connectivity index (χ2n) is 5.66. The lowest BCUT2D eigenvalue weighted by atomic mass is 9.95. The summed E-state index contributed by atoms with van der Waals surface area (Å²) in [5.74, 6) is -0.230. The van der Waals surface area contributed by atoms with E-state index in [0.29, 0.717) is 11.1 Å². The molecule has 0 atom stereocenters. The molecule has 1 aliphatic carbocycles. The van der Waals surface area contributed by atoms with Crippen molar-refractivity contribution < 1.29 is 13.2 Å². The molecule has 1 saturated carbocycles. The van der Waals surface area contributed by atoms with E-state index in [1.165, 1.54) is 12.5 Å². The van der Waals surface area contributed by atoms with Gasteiger partial charge in [0.2, 0.25) is 0 Å². The summed E-state index contributed by atoms with van der Waals surface area (Å²) in [6.07, 6.45) is 5.43. The number of hydrogen-bond donors (Lipinski definition) is 1. The fourth-order valence-corrected chi connectivity index (χ4v) is 4.00. The molecule has 21 heavy (non-hydrogen) atoms. The zero-order valence-electron chi connectivity index (χ0n) is 12.3. The first-order valence-corrected chi connectivity index (χ1v) is 9.47. The lowest BCUT2D eigenvalue weighted by molar-refractivity contribution is 0.0927. The van der Waals surface area contributed by atoms with E-state index in [4.69, 9.17) is 10.7 Å². The number of carbonyl (C=O) groups is 1. The Kier molecular flexibility index (Phi) is 4.94. The van der Waals surface area contributed by atoms with Crippen LogP contribution in [0.15, 0.2) is 17.0 Å². The SMILES string of the molecule is Cc1cc(C(=O)NC2CCCCC2)cc(S(=O)(=O)Cl)c1C. The number of rotatable bonds is 3. The van der Waals surface area contributed by atoms with Crippen LogP contribution in [0.2, 0.25) is 0 Å². The quantitative estimate of drug-likeness (QED) is 0.865. The van der Waals surface area contributed by atoms with Crippen LogP contribution in [-0.4, -0.2) is 20.4 Å². The summed E-state index contributed by atoms with van der Waals surface area (Å²) in [5.41, 5.74) is 1.67. The summed E-state index contributed by atoms with van der Waals surface area (Å²) in [4.78, 5) is 12.3. The maximum atomic E-state index is 12.3. The van der Waals surface area contributed by atoms with E-state index in [2.05, 4.69) is 5.32 Å². The van der Waals surface area contributed by atoms with Crippen molar-refractivity contribution in [2.45, 2.75) is 56.9 Å². The van der Waals surface area contributed by atoms with Crippen molar-refractivity contribution in [1.82, 2.24) is 5.32 Å². The first-order valence-electron chi connectivity index (χ1n) is 7.16. The van der Waals surface area contributed by atoms with E-state index in [-0.39, 0.29) is 16.8 Å². The molecule has 1 fully saturated rings. The molecule has 116 valence electrons. The van der Waals surface area contributed by atoms with Crippen molar-refractivity contribution in [3.8, 4) is 0 Å². The van der Waals surface area contributed by atoms with E-state index in [1.807, 2.05) is 0 Å². The second-order valence-corrected chi connectivity index (χ2v) is 8.20. The van der Waals surface area contributed by atoms with Gasteiger partial charge in [-0.1, -0.05) is 19.3 Å². The average molecular weight is 330 g/mol. The van der Waals surface area contributed by atoms with Crippen LogP contribution in [0.25, 0.3) is 0 Å². The van der Waals surface area contributed by atoms with Gasteiger partial charge in [0.05, 0.1) is 4.90 Å². The Hall–Kier alpha value is -1.07. The molecule has 1 amide bonds. The summed E-state index contributed by atoms with van der Waals surface area (Å²) >= 11 is 0. The maximum Gasteiger partial charge on any atom is 0.261 e. The van der Waals surface area contributed by atoms with E-state index >= 15 is 0 Å². The number of carbonyl (C=O) groups excluding carboxylic acids is 1. The Morgan fingerprint density at radius 1 is 1.19 bits per heavy atom. The minimum Gasteiger partial charge on any atom is -0.349 e. The van der Waals surface area contributed by atoms with Crippen molar-refractivity contribution in [3.05, 3.63) is 28.8 Å². The van der Waals surface area contributed by atoms with Gasteiger partial charge in [-0.2, -0.15) is 0 Å². The maximum absolute atomic E-state index is 12.3. The van der Waals surface area contributed by atoms with Crippen LogP contribution < -0.4 is 5.32 Å². The normalized spacial score (nSPS) is 16.7. The summed E-state index contributed by atoms with van der Waals surface area (Å²) in [7, 11) is 1.59. The number of amides is 1. The molecule has 0 radical (unpaired) electrons. The third-order valence-electron chi connectivity index (χ3n) is 4.08. The molecule has 1 aromatic carbocycles. The molecule has 1 N–H and O–H groups in total. The van der Waals surface area contributed by atoms with Gasteiger partial charge in [0.25, 0.3) is 15.0 Å². The molecule has 2 rings (SSSR count). The van der Waals surface area contributed by atoms with Crippen LogP contribution in [0.1, 0.15) is 53.6 Å². The molecule has 0 heterocycles. The zero-order chi connectivity index (χ0) is 15.6. The Bertz CT molecular complexity index is 649. The molecular weight excluding hydrogens is 310 g/mol. The molecule has 0 spiro atoms. The van der Waals surface area contributed by atoms with Gasteiger partial charge < -0.3 is 5.32 Å². The predicted molar refractivity (Wildman–Crippen MR) is 83.3 cm³/mol. The van der Waals surface area contributed by atoms with Gasteiger partial charge in [0.15, 0.2) is 0 Å². The highest BCUT2D eigenvalue weighted by atomic mass is 35.7. The van der Waals surface area contributed by atoms with Gasteiger partial charge in [-0.05, 0) is 49.9 Å². The largest absolute Gasteiger partial charge is 0.349 e. The average Bonchev–Trinajstić information content (AvgIpc) is 2.41. The van der Waals surface area contributed by atoms with E-state index < -0.39 is 9.05 Å². The van der Waals surface area contributed by atoms with Crippen LogP contribution >= 0.6 is 10.7 Å². The summed E-state index contributed by atoms with van der Waals surface area (Å²) in [6, 6.07) is 3.26. The molecule has 1 aliphatic rings. The molecule has 0 aromatic heterocycles. The molecule has 0 aliphatic heterocycles. The molecule has 6 heteroatoms. The highest BCUT2D eigenvalue weighted by Crippen LogP contribution is 2.25. The monoisotopic (exact) mass is 329 g/mol. The van der Waals surface area contributed by atoms with Crippen LogP contribution in [0.5, 0.6) is 0 Å². The Balaban J connectivity index is 2.27. The van der Waals surface area contributed by atoms with Gasteiger partial charge >= 0.3 is 0 Å². The van der Waals surface area contributed by atoms with Gasteiger partial charge in [0.1, 0.15) is 0 Å². The highest BCUT2D eigenvalue weighted by Gasteiger charge is 2.21. The van der Waals surface area contributed by atoms with Crippen LogP contribution in [0.4, 0.5) is 0 Å². The lowest BCUT2D eigenvalue weighted by Gasteiger charge is -2.23. The molecule has 4 nitrogen and oxygen atoms in total. The fourth-order valence-electron chi connectivity index (χ4n) is 2.73. The zero-order valence-corrected chi connectivity index (χ0v) is 13.9. The number of nitrogens with one attached hydrogen (secondary N) is 1. The Morgan fingerprint density at radius 2 is 1.81 bits per heavy atom. The lowest BCUT2D eigenvalue weighted by Crippen LogP contribution is -2.36. The van der Waals surface area contributed by atoms with Gasteiger partial charge in [-0.15, -0.1) is 0 Å². The van der Waals surface area contributed by atoms with Crippen molar-refractivity contribution in [1.29, 1.82) is 0 Å². The predicted octanol–water partition coefficient (Wildman–Crippen LogP) is 3.29. The molecule has 0 saturated heterocycles. The van der Waals surface area contributed by atoms with Gasteiger partial charge in [-0.25, -0.2) is 8.42 Å². The van der Waals surface area contributed by atoms with Crippen molar-refractivity contribution >= 4 is 25.6 Å². The first kappa shape index (κ1) is 16.3. The van der Waals surface area contributed by atoms with Gasteiger partial charge in [-0.3, -0.25) is 4.79 Å². The first-order chi connectivity index (χ1) is 9.79. The summed E-state index contributed by atoms with van der Waals surface area (Å²) in [6.45, 7) is 3.46. The van der Waals surface area contributed by atoms with E-state index in [0.717, 1.165) is 31.2 Å². The summed E-state index contributed by atoms with van der Waals surface area (Å²) in [5, 5.41) is 2.98. The van der Waals surface area contributed by atoms with Crippen LogP contribution in [0, 0.1) is 13.8 Å². The smallest absolute Gasteiger partial charge is 0.261 e. The Labute approximate surface area is 130 Å². The highest BCUT2D eigenvalue weighted by molar-refractivity contribution is 8.13. The van der Waals surface area contributed by atoms with Gasteiger partial charge in [0, 0.05) is 22.3 Å². The number of halogens is 1. The molecule has 0 unspecified atom stereocenters. The topological polar surface area (TPSA) is 63.2 Å².